The summed E-state index contributed by atoms with van der Waals surface area (Å²) in [5.74, 6) is 0.677. The van der Waals surface area contributed by atoms with Crippen LogP contribution in [0.1, 0.15) is 32.1 Å². The number of nitrogens with one attached hydrogen (secondary N) is 1. The maximum atomic E-state index is 5.36. The van der Waals surface area contributed by atoms with Crippen molar-refractivity contribution in [3.63, 3.8) is 0 Å². The molecule has 0 spiro atoms. The molecule has 22 heavy (non-hydrogen) atoms. The second-order valence-electron chi connectivity index (χ2n) is 5.77. The zero-order chi connectivity index (χ0) is 14.8. The lowest BCUT2D eigenvalue weighted by molar-refractivity contribution is 0.458. The Morgan fingerprint density at radius 3 is 2.82 bits per heavy atom. The second kappa shape index (κ2) is 5.75. The Bertz CT molecular complexity index is 777. The average Bonchev–Trinajstić information content (AvgIpc) is 3.00. The minimum absolute atomic E-state index is 0.484. The van der Waals surface area contributed by atoms with Crippen LogP contribution in [-0.4, -0.2) is 21.2 Å². The Kier molecular flexibility index (Phi) is 3.46. The third-order valence-corrected chi connectivity index (χ3v) is 4.21. The summed E-state index contributed by atoms with van der Waals surface area (Å²) >= 11 is 0. The summed E-state index contributed by atoms with van der Waals surface area (Å²) < 4.78 is 5.36. The summed E-state index contributed by atoms with van der Waals surface area (Å²) in [6.45, 7) is 0. The van der Waals surface area contributed by atoms with E-state index in [1.165, 1.54) is 32.1 Å². The highest BCUT2D eigenvalue weighted by molar-refractivity contribution is 5.90. The predicted molar refractivity (Wildman–Crippen MR) is 85.5 cm³/mol. The zero-order valence-electron chi connectivity index (χ0n) is 12.3. The zero-order valence-corrected chi connectivity index (χ0v) is 12.3. The molecule has 112 valence electrons. The third kappa shape index (κ3) is 2.54. The maximum Gasteiger partial charge on any atom is 0.223 e. The molecule has 2 aromatic heterocycles. The van der Waals surface area contributed by atoms with E-state index in [0.717, 1.165) is 22.4 Å². The molecule has 4 rings (SSSR count). The largest absolute Gasteiger partial charge is 0.356 e. The normalized spacial score (nSPS) is 16.0. The van der Waals surface area contributed by atoms with Crippen molar-refractivity contribution in [2.45, 2.75) is 38.1 Å². The van der Waals surface area contributed by atoms with Crippen molar-refractivity contribution in [2.75, 3.05) is 5.32 Å². The Hall–Kier alpha value is -2.43. The van der Waals surface area contributed by atoms with Gasteiger partial charge in [0.1, 0.15) is 5.69 Å². The fourth-order valence-electron chi connectivity index (χ4n) is 3.06. The number of nitrogens with zero attached hydrogens (tertiary/aromatic N) is 3. The van der Waals surface area contributed by atoms with E-state index < -0.39 is 0 Å². The van der Waals surface area contributed by atoms with Gasteiger partial charge in [0.15, 0.2) is 5.58 Å². The van der Waals surface area contributed by atoms with E-state index in [9.17, 15) is 0 Å². The van der Waals surface area contributed by atoms with Crippen LogP contribution in [0.3, 0.4) is 0 Å². The van der Waals surface area contributed by atoms with Crippen molar-refractivity contribution < 1.29 is 4.52 Å². The van der Waals surface area contributed by atoms with Crippen LogP contribution >= 0.6 is 0 Å². The Labute approximate surface area is 128 Å². The molecule has 1 aliphatic carbocycles. The van der Waals surface area contributed by atoms with E-state index in [-0.39, 0.29) is 0 Å². The lowest BCUT2D eigenvalue weighted by Gasteiger charge is -2.22. The van der Waals surface area contributed by atoms with E-state index in [0.29, 0.717) is 12.0 Å². The van der Waals surface area contributed by atoms with Crippen molar-refractivity contribution in [3.05, 3.63) is 36.5 Å². The molecule has 0 aliphatic heterocycles. The fourth-order valence-corrected chi connectivity index (χ4v) is 3.06. The fraction of sp³-hybridized carbons (Fsp3) is 0.353. The van der Waals surface area contributed by atoms with Crippen LogP contribution in [0.5, 0.6) is 0 Å². The van der Waals surface area contributed by atoms with Crippen LogP contribution in [0, 0.1) is 0 Å². The van der Waals surface area contributed by atoms with E-state index in [4.69, 9.17) is 4.52 Å². The number of para-hydroxylation sites is 1. The molecular formula is C17H18N4O. The van der Waals surface area contributed by atoms with E-state index in [1.807, 2.05) is 30.3 Å². The van der Waals surface area contributed by atoms with Crippen LogP contribution in [-0.2, 0) is 0 Å². The molecule has 1 saturated carbocycles. The van der Waals surface area contributed by atoms with Crippen molar-refractivity contribution in [1.29, 1.82) is 0 Å². The summed E-state index contributed by atoms with van der Waals surface area (Å²) in [6, 6.07) is 10.2. The number of rotatable bonds is 3. The molecule has 5 heteroatoms. The van der Waals surface area contributed by atoms with Gasteiger partial charge in [-0.1, -0.05) is 36.6 Å². The van der Waals surface area contributed by atoms with Crippen LogP contribution in [0.4, 0.5) is 5.95 Å². The van der Waals surface area contributed by atoms with Gasteiger partial charge in [0, 0.05) is 12.2 Å². The first kappa shape index (κ1) is 13.2. The van der Waals surface area contributed by atoms with Gasteiger partial charge in [0.25, 0.3) is 0 Å². The van der Waals surface area contributed by atoms with Gasteiger partial charge in [-0.15, -0.1) is 0 Å². The van der Waals surface area contributed by atoms with Crippen molar-refractivity contribution in [1.82, 2.24) is 15.1 Å². The molecule has 0 saturated heterocycles. The lowest BCUT2D eigenvalue weighted by atomic mass is 9.96. The molecular weight excluding hydrogens is 276 g/mol. The molecule has 3 aromatic rings. The van der Waals surface area contributed by atoms with Gasteiger partial charge in [0.2, 0.25) is 5.95 Å². The molecule has 0 radical (unpaired) electrons. The topological polar surface area (TPSA) is 63.8 Å². The number of anilines is 1. The van der Waals surface area contributed by atoms with Gasteiger partial charge in [-0.2, -0.15) is 0 Å². The van der Waals surface area contributed by atoms with Gasteiger partial charge in [0.05, 0.1) is 11.1 Å². The minimum atomic E-state index is 0.484. The highest BCUT2D eigenvalue weighted by Gasteiger charge is 2.16. The summed E-state index contributed by atoms with van der Waals surface area (Å²) in [5.41, 5.74) is 2.33. The summed E-state index contributed by atoms with van der Waals surface area (Å²) in [6.07, 6.45) is 8.07. The number of hydrogen-bond acceptors (Lipinski definition) is 5. The smallest absolute Gasteiger partial charge is 0.223 e. The van der Waals surface area contributed by atoms with Gasteiger partial charge in [-0.25, -0.2) is 9.97 Å². The average molecular weight is 294 g/mol. The van der Waals surface area contributed by atoms with Crippen molar-refractivity contribution >= 4 is 16.9 Å². The Balaban J connectivity index is 1.63. The predicted octanol–water partition coefficient (Wildman–Crippen LogP) is 4.03. The van der Waals surface area contributed by atoms with Crippen LogP contribution < -0.4 is 5.32 Å². The molecule has 0 atom stereocenters. The number of aromatic nitrogens is 3. The summed E-state index contributed by atoms with van der Waals surface area (Å²) in [5, 5.41) is 8.59. The van der Waals surface area contributed by atoms with E-state index in [1.54, 1.807) is 6.20 Å². The highest BCUT2D eigenvalue weighted by Crippen LogP contribution is 2.27. The third-order valence-electron chi connectivity index (χ3n) is 4.21. The quantitative estimate of drug-likeness (QED) is 0.790. The maximum absolute atomic E-state index is 5.36. The minimum Gasteiger partial charge on any atom is -0.356 e. The van der Waals surface area contributed by atoms with E-state index in [2.05, 4.69) is 20.4 Å². The van der Waals surface area contributed by atoms with Crippen molar-refractivity contribution in [3.8, 4) is 11.4 Å². The summed E-state index contributed by atoms with van der Waals surface area (Å²) in [4.78, 5) is 8.96. The summed E-state index contributed by atoms with van der Waals surface area (Å²) in [7, 11) is 0. The Morgan fingerprint density at radius 1 is 1.05 bits per heavy atom. The molecule has 0 amide bonds. The van der Waals surface area contributed by atoms with Gasteiger partial charge in [-0.05, 0) is 31.0 Å². The molecule has 1 fully saturated rings. The molecule has 1 aliphatic rings. The van der Waals surface area contributed by atoms with Gasteiger partial charge >= 0.3 is 0 Å². The van der Waals surface area contributed by atoms with Crippen LogP contribution in [0.25, 0.3) is 22.4 Å². The number of hydrogen-bond donors (Lipinski definition) is 1. The first-order chi connectivity index (χ1) is 10.9. The molecule has 5 nitrogen and oxygen atoms in total. The highest BCUT2D eigenvalue weighted by atomic mass is 16.5. The second-order valence-corrected chi connectivity index (χ2v) is 5.77. The molecule has 0 unspecified atom stereocenters. The van der Waals surface area contributed by atoms with Crippen LogP contribution in [0.15, 0.2) is 41.1 Å². The first-order valence-corrected chi connectivity index (χ1v) is 7.84. The molecule has 0 bridgehead atoms. The lowest BCUT2D eigenvalue weighted by Crippen LogP contribution is -2.23. The SMILES string of the molecule is c1ccc2c(-c3ccnc(NC4CCCCC4)n3)noc2c1. The standard InChI is InChI=1S/C17H18N4O/c1-2-6-12(7-3-1)19-17-18-11-10-14(20-17)16-13-8-4-5-9-15(13)22-21-16/h4-5,8-12H,1-3,6-7H2,(H,18,19,20). The monoisotopic (exact) mass is 294 g/mol. The van der Waals surface area contributed by atoms with Crippen LogP contribution in [0.2, 0.25) is 0 Å². The molecule has 2 heterocycles. The number of fused-ring (bicyclic) bond motifs is 1. The van der Waals surface area contributed by atoms with Gasteiger partial charge < -0.3 is 9.84 Å². The van der Waals surface area contributed by atoms with E-state index >= 15 is 0 Å². The van der Waals surface area contributed by atoms with Gasteiger partial charge in [-0.3, -0.25) is 0 Å². The molecule has 1 aromatic carbocycles. The van der Waals surface area contributed by atoms with Crippen molar-refractivity contribution in [2.24, 2.45) is 0 Å². The Morgan fingerprint density at radius 2 is 1.91 bits per heavy atom. The first-order valence-electron chi connectivity index (χ1n) is 7.84. The molecule has 1 N–H and O–H groups in total. The number of benzene rings is 1.